The van der Waals surface area contributed by atoms with Gasteiger partial charge in [0.15, 0.2) is 0 Å². The van der Waals surface area contributed by atoms with Crippen LogP contribution < -0.4 is 4.74 Å². The monoisotopic (exact) mass is 273 g/mol. The van der Waals surface area contributed by atoms with E-state index in [1.165, 1.54) is 20.2 Å². The van der Waals surface area contributed by atoms with Gasteiger partial charge in [0.2, 0.25) is 10.0 Å². The molecular formula is C12H19NO4S. The molecule has 0 saturated carbocycles. The fourth-order valence-electron chi connectivity index (χ4n) is 1.53. The Morgan fingerprint density at radius 2 is 2.06 bits per heavy atom. The van der Waals surface area contributed by atoms with Gasteiger partial charge in [-0.3, -0.25) is 0 Å². The molecule has 1 aromatic rings. The molecule has 1 N–H and O–H groups in total. The standard InChI is InChI=1S/C12H19NO4S/c1-9-7-11(5-6-12(9)17-4)18(15,16)13(3)10(2)8-14/h5-7,10,14H,8H2,1-4H3. The Kier molecular flexibility index (Phi) is 4.72. The lowest BCUT2D eigenvalue weighted by Crippen LogP contribution is -2.37. The smallest absolute Gasteiger partial charge is 0.243 e. The fourth-order valence-corrected chi connectivity index (χ4v) is 2.97. The molecule has 1 unspecified atom stereocenters. The van der Waals surface area contributed by atoms with Crippen molar-refractivity contribution in [3.05, 3.63) is 23.8 Å². The van der Waals surface area contributed by atoms with E-state index in [1.54, 1.807) is 26.0 Å². The summed E-state index contributed by atoms with van der Waals surface area (Å²) in [6, 6.07) is 4.23. The second-order valence-corrected chi connectivity index (χ2v) is 6.18. The maximum Gasteiger partial charge on any atom is 0.243 e. The normalized spacial score (nSPS) is 13.7. The van der Waals surface area contributed by atoms with Crippen molar-refractivity contribution in [3.63, 3.8) is 0 Å². The summed E-state index contributed by atoms with van der Waals surface area (Å²) < 4.78 is 30.8. The predicted octanol–water partition coefficient (Wildman–Crippen LogP) is 1.00. The van der Waals surface area contributed by atoms with E-state index in [9.17, 15) is 8.42 Å². The molecule has 0 aliphatic carbocycles. The number of aryl methyl sites for hydroxylation is 1. The van der Waals surface area contributed by atoms with Crippen molar-refractivity contribution >= 4 is 10.0 Å². The van der Waals surface area contributed by atoms with Crippen LogP contribution in [0, 0.1) is 6.92 Å². The zero-order valence-electron chi connectivity index (χ0n) is 11.0. The van der Waals surface area contributed by atoms with Gasteiger partial charge in [-0.25, -0.2) is 8.42 Å². The lowest BCUT2D eigenvalue weighted by Gasteiger charge is -2.22. The molecule has 6 heteroatoms. The highest BCUT2D eigenvalue weighted by Crippen LogP contribution is 2.23. The number of benzene rings is 1. The van der Waals surface area contributed by atoms with Crippen LogP contribution in [0.1, 0.15) is 12.5 Å². The molecule has 18 heavy (non-hydrogen) atoms. The molecule has 0 heterocycles. The highest BCUT2D eigenvalue weighted by atomic mass is 32.2. The molecule has 0 bridgehead atoms. The first-order valence-corrected chi connectivity index (χ1v) is 7.02. The molecule has 5 nitrogen and oxygen atoms in total. The Morgan fingerprint density at radius 1 is 1.44 bits per heavy atom. The summed E-state index contributed by atoms with van der Waals surface area (Å²) in [5.41, 5.74) is 0.753. The number of likely N-dealkylation sites (N-methyl/N-ethyl adjacent to an activating group) is 1. The molecule has 0 aliphatic rings. The van der Waals surface area contributed by atoms with E-state index in [1.807, 2.05) is 0 Å². The average Bonchev–Trinajstić information content (AvgIpc) is 2.36. The maximum atomic E-state index is 12.3. The topological polar surface area (TPSA) is 66.8 Å². The minimum absolute atomic E-state index is 0.198. The van der Waals surface area contributed by atoms with Crippen LogP contribution in [0.4, 0.5) is 0 Å². The van der Waals surface area contributed by atoms with Gasteiger partial charge in [-0.1, -0.05) is 0 Å². The molecule has 102 valence electrons. The van der Waals surface area contributed by atoms with Crippen molar-refractivity contribution in [2.45, 2.75) is 24.8 Å². The van der Waals surface area contributed by atoms with E-state index in [2.05, 4.69) is 0 Å². The van der Waals surface area contributed by atoms with Crippen LogP contribution in [0.2, 0.25) is 0 Å². The van der Waals surface area contributed by atoms with Crippen molar-refractivity contribution in [1.29, 1.82) is 0 Å². The first kappa shape index (κ1) is 14.9. The van der Waals surface area contributed by atoms with Crippen LogP contribution >= 0.6 is 0 Å². The summed E-state index contributed by atoms with van der Waals surface area (Å²) in [6.07, 6.45) is 0. The molecule has 1 atom stereocenters. The Morgan fingerprint density at radius 3 is 2.50 bits per heavy atom. The number of aliphatic hydroxyl groups is 1. The third-order valence-corrected chi connectivity index (χ3v) is 4.90. The van der Waals surface area contributed by atoms with Gasteiger partial charge in [-0.2, -0.15) is 4.31 Å². The van der Waals surface area contributed by atoms with Gasteiger partial charge in [-0.05, 0) is 37.6 Å². The number of nitrogens with zero attached hydrogens (tertiary/aromatic N) is 1. The summed E-state index contributed by atoms with van der Waals surface area (Å²) in [4.78, 5) is 0.198. The number of ether oxygens (including phenoxy) is 1. The van der Waals surface area contributed by atoms with Gasteiger partial charge in [0, 0.05) is 13.1 Å². The molecule has 1 rings (SSSR count). The first-order chi connectivity index (χ1) is 8.34. The van der Waals surface area contributed by atoms with E-state index < -0.39 is 16.1 Å². The molecule has 0 fully saturated rings. The molecule has 1 aromatic carbocycles. The molecule has 0 saturated heterocycles. The van der Waals surface area contributed by atoms with Crippen molar-refractivity contribution in [2.24, 2.45) is 0 Å². The first-order valence-electron chi connectivity index (χ1n) is 5.58. The van der Waals surface area contributed by atoms with Crippen LogP contribution in [0.25, 0.3) is 0 Å². The lowest BCUT2D eigenvalue weighted by molar-refractivity contribution is 0.214. The minimum Gasteiger partial charge on any atom is -0.496 e. The van der Waals surface area contributed by atoms with Gasteiger partial charge >= 0.3 is 0 Å². The quantitative estimate of drug-likeness (QED) is 0.869. The molecular weight excluding hydrogens is 254 g/mol. The summed E-state index contributed by atoms with van der Waals surface area (Å²) >= 11 is 0. The van der Waals surface area contributed by atoms with Crippen LogP contribution in [0.3, 0.4) is 0 Å². The highest BCUT2D eigenvalue weighted by molar-refractivity contribution is 7.89. The molecule has 0 aromatic heterocycles. The van der Waals surface area contributed by atoms with E-state index in [-0.39, 0.29) is 11.5 Å². The van der Waals surface area contributed by atoms with Crippen LogP contribution in [-0.4, -0.2) is 44.6 Å². The predicted molar refractivity (Wildman–Crippen MR) is 69.2 cm³/mol. The minimum atomic E-state index is -3.58. The number of hydrogen-bond acceptors (Lipinski definition) is 4. The SMILES string of the molecule is COc1ccc(S(=O)(=O)N(C)C(C)CO)cc1C. The zero-order chi connectivity index (χ0) is 13.9. The third-order valence-electron chi connectivity index (χ3n) is 2.93. The highest BCUT2D eigenvalue weighted by Gasteiger charge is 2.25. The number of sulfonamides is 1. The maximum absolute atomic E-state index is 12.3. The van der Waals surface area contributed by atoms with Gasteiger partial charge in [0.25, 0.3) is 0 Å². The summed E-state index contributed by atoms with van der Waals surface area (Å²) in [7, 11) is -0.588. The zero-order valence-corrected chi connectivity index (χ0v) is 11.9. The van der Waals surface area contributed by atoms with Crippen molar-refractivity contribution in [3.8, 4) is 5.75 Å². The van der Waals surface area contributed by atoms with Crippen LogP contribution in [0.15, 0.2) is 23.1 Å². The number of aliphatic hydroxyl groups excluding tert-OH is 1. The Labute approximate surface area is 108 Å². The van der Waals surface area contributed by atoms with Crippen LogP contribution in [-0.2, 0) is 10.0 Å². The summed E-state index contributed by atoms with van der Waals surface area (Å²) in [5.74, 6) is 0.645. The molecule has 0 spiro atoms. The molecule has 0 amide bonds. The van der Waals surface area contributed by atoms with E-state index in [4.69, 9.17) is 9.84 Å². The molecule has 0 radical (unpaired) electrons. The average molecular weight is 273 g/mol. The second kappa shape index (κ2) is 5.69. The van der Waals surface area contributed by atoms with Crippen molar-refractivity contribution < 1.29 is 18.3 Å². The second-order valence-electron chi connectivity index (χ2n) is 4.18. The van der Waals surface area contributed by atoms with E-state index in [0.717, 1.165) is 9.87 Å². The Hall–Kier alpha value is -1.11. The van der Waals surface area contributed by atoms with Gasteiger partial charge < -0.3 is 9.84 Å². The van der Waals surface area contributed by atoms with Crippen molar-refractivity contribution in [1.82, 2.24) is 4.31 Å². The van der Waals surface area contributed by atoms with Gasteiger partial charge in [0.1, 0.15) is 5.75 Å². The Balaban J connectivity index is 3.17. The van der Waals surface area contributed by atoms with Gasteiger partial charge in [0.05, 0.1) is 18.6 Å². The largest absolute Gasteiger partial charge is 0.496 e. The van der Waals surface area contributed by atoms with Crippen LogP contribution in [0.5, 0.6) is 5.75 Å². The van der Waals surface area contributed by atoms with Crippen molar-refractivity contribution in [2.75, 3.05) is 20.8 Å². The fraction of sp³-hybridized carbons (Fsp3) is 0.500. The number of rotatable bonds is 5. The summed E-state index contributed by atoms with van der Waals surface area (Å²) in [6.45, 7) is 3.21. The van der Waals surface area contributed by atoms with E-state index in [0.29, 0.717) is 5.75 Å². The molecule has 0 aliphatic heterocycles. The summed E-state index contributed by atoms with van der Waals surface area (Å²) in [5, 5.41) is 9.03. The third kappa shape index (κ3) is 2.82. The lowest BCUT2D eigenvalue weighted by atomic mass is 10.2. The van der Waals surface area contributed by atoms with Gasteiger partial charge in [-0.15, -0.1) is 0 Å². The number of methoxy groups -OCH3 is 1. The van der Waals surface area contributed by atoms with E-state index >= 15 is 0 Å². The number of hydrogen-bond donors (Lipinski definition) is 1. The Bertz CT molecular complexity index is 513.